The topological polar surface area (TPSA) is 49.9 Å². The molecule has 138 valence electrons. The van der Waals surface area contributed by atoms with Gasteiger partial charge in [0.1, 0.15) is 11.5 Å². The third kappa shape index (κ3) is 5.27. The first-order valence-corrected chi connectivity index (χ1v) is 9.60. The maximum absolute atomic E-state index is 12.6. The predicted octanol–water partition coefficient (Wildman–Crippen LogP) is 3.65. The van der Waals surface area contributed by atoms with Crippen molar-refractivity contribution < 1.29 is 14.3 Å². The van der Waals surface area contributed by atoms with Crippen LogP contribution in [0, 0.1) is 5.41 Å². The number of amides is 2. The van der Waals surface area contributed by atoms with E-state index < -0.39 is 5.60 Å². The minimum absolute atomic E-state index is 0.00556. The molecule has 2 saturated heterocycles. The Hall–Kier alpha value is -0.970. The Bertz CT molecular complexity index is 460. The van der Waals surface area contributed by atoms with Gasteiger partial charge in [0.25, 0.3) is 0 Å². The van der Waals surface area contributed by atoms with Gasteiger partial charge in [0, 0.05) is 31.6 Å². The van der Waals surface area contributed by atoms with Crippen LogP contribution in [0.3, 0.4) is 0 Å². The van der Waals surface area contributed by atoms with Crippen LogP contribution in [0.1, 0.15) is 59.3 Å². The van der Waals surface area contributed by atoms with Crippen LogP contribution in [-0.2, 0) is 9.53 Å². The van der Waals surface area contributed by atoms with Gasteiger partial charge in [-0.25, -0.2) is 4.79 Å². The molecule has 0 bridgehead atoms. The maximum atomic E-state index is 12.6. The number of rotatable bonds is 1. The van der Waals surface area contributed by atoms with E-state index in [1.807, 2.05) is 30.6 Å². The highest BCUT2D eigenvalue weighted by molar-refractivity contribution is 6.27. The Morgan fingerprint density at radius 2 is 1.54 bits per heavy atom. The van der Waals surface area contributed by atoms with E-state index in [1.165, 1.54) is 0 Å². The highest BCUT2D eigenvalue weighted by atomic mass is 35.5. The van der Waals surface area contributed by atoms with Crippen molar-refractivity contribution in [3.63, 3.8) is 0 Å². The summed E-state index contributed by atoms with van der Waals surface area (Å²) in [5.41, 5.74) is -0.508. The first-order valence-electron chi connectivity index (χ1n) is 9.06. The lowest BCUT2D eigenvalue weighted by Gasteiger charge is -2.38. The van der Waals surface area contributed by atoms with E-state index in [1.54, 1.807) is 0 Å². The summed E-state index contributed by atoms with van der Waals surface area (Å²) in [6.45, 7) is 8.58. The maximum Gasteiger partial charge on any atom is 0.410 e. The molecular weight excluding hydrogens is 328 g/mol. The molecule has 0 radical (unpaired) electrons. The predicted molar refractivity (Wildman–Crippen MR) is 95.2 cm³/mol. The van der Waals surface area contributed by atoms with Crippen LogP contribution >= 0.6 is 11.6 Å². The molecular formula is C18H31ClN2O3. The molecule has 0 aromatic heterocycles. The number of halogens is 1. The monoisotopic (exact) mass is 358 g/mol. The van der Waals surface area contributed by atoms with Crippen LogP contribution in [0.5, 0.6) is 0 Å². The Morgan fingerprint density at radius 3 is 2.08 bits per heavy atom. The van der Waals surface area contributed by atoms with Crippen LogP contribution in [-0.4, -0.2) is 59.5 Å². The van der Waals surface area contributed by atoms with E-state index in [-0.39, 0.29) is 23.3 Å². The number of nitrogens with zero attached hydrogens (tertiary/aromatic N) is 2. The summed E-state index contributed by atoms with van der Waals surface area (Å²) in [4.78, 5) is 28.4. The van der Waals surface area contributed by atoms with Crippen molar-refractivity contribution in [2.75, 3.05) is 32.1 Å². The molecule has 24 heavy (non-hydrogen) atoms. The number of hydrogen-bond donors (Lipinski definition) is 0. The number of hydrogen-bond acceptors (Lipinski definition) is 3. The zero-order chi connectivity index (χ0) is 17.8. The SMILES string of the molecule is CC(C)(C)OC(=O)N1CCCCC2(CCCCN(C(=O)CCl)C2)C1. The molecule has 2 fully saturated rings. The van der Waals surface area contributed by atoms with Gasteiger partial charge in [0.15, 0.2) is 0 Å². The molecule has 0 aromatic rings. The van der Waals surface area contributed by atoms with E-state index in [0.717, 1.165) is 51.6 Å². The molecule has 2 rings (SSSR count). The van der Waals surface area contributed by atoms with E-state index in [4.69, 9.17) is 16.3 Å². The van der Waals surface area contributed by atoms with Crippen LogP contribution in [0.2, 0.25) is 0 Å². The molecule has 0 N–H and O–H groups in total. The number of alkyl halides is 1. The van der Waals surface area contributed by atoms with Crippen LogP contribution in [0.15, 0.2) is 0 Å². The fourth-order valence-electron chi connectivity index (χ4n) is 3.84. The average molecular weight is 359 g/mol. The van der Waals surface area contributed by atoms with Crippen LogP contribution < -0.4 is 0 Å². The van der Waals surface area contributed by atoms with Gasteiger partial charge >= 0.3 is 6.09 Å². The van der Waals surface area contributed by atoms with Crippen LogP contribution in [0.25, 0.3) is 0 Å². The lowest BCUT2D eigenvalue weighted by atomic mass is 9.79. The van der Waals surface area contributed by atoms with E-state index >= 15 is 0 Å². The molecule has 0 saturated carbocycles. The molecule has 2 aliphatic heterocycles. The number of likely N-dealkylation sites (tertiary alicyclic amines) is 2. The highest BCUT2D eigenvalue weighted by Crippen LogP contribution is 2.38. The molecule has 0 aliphatic carbocycles. The molecule has 1 atom stereocenters. The molecule has 1 spiro atoms. The van der Waals surface area contributed by atoms with Crippen LogP contribution in [0.4, 0.5) is 4.79 Å². The summed E-state index contributed by atoms with van der Waals surface area (Å²) >= 11 is 5.77. The standard InChI is InChI=1S/C18H31ClN2O3/c1-17(2,3)24-16(23)21-11-7-5-9-18(14-21)8-4-6-10-20(13-18)15(22)12-19/h4-14H2,1-3H3. The molecule has 6 heteroatoms. The summed E-state index contributed by atoms with van der Waals surface area (Å²) in [6.07, 6.45) is 6.05. The quantitative estimate of drug-likeness (QED) is 0.672. The number of carbonyl (C=O) groups is 2. The van der Waals surface area contributed by atoms with Gasteiger partial charge in [-0.15, -0.1) is 11.6 Å². The minimum atomic E-state index is -0.485. The molecule has 2 amide bonds. The van der Waals surface area contributed by atoms with Crippen molar-refractivity contribution in [1.29, 1.82) is 0 Å². The van der Waals surface area contributed by atoms with Gasteiger partial charge in [-0.2, -0.15) is 0 Å². The largest absolute Gasteiger partial charge is 0.444 e. The Labute approximate surface area is 150 Å². The zero-order valence-corrected chi connectivity index (χ0v) is 16.0. The zero-order valence-electron chi connectivity index (χ0n) is 15.3. The third-order valence-electron chi connectivity index (χ3n) is 4.94. The second kappa shape index (κ2) is 7.94. The summed E-state index contributed by atoms with van der Waals surface area (Å²) in [7, 11) is 0. The van der Waals surface area contributed by atoms with E-state index in [2.05, 4.69) is 0 Å². The first-order chi connectivity index (χ1) is 11.2. The molecule has 0 aromatic carbocycles. The van der Waals surface area contributed by atoms with Gasteiger partial charge in [0.2, 0.25) is 5.91 Å². The van der Waals surface area contributed by atoms with Crippen molar-refractivity contribution >= 4 is 23.6 Å². The normalized spacial score (nSPS) is 26.0. The summed E-state index contributed by atoms with van der Waals surface area (Å²) in [5, 5.41) is 0. The van der Waals surface area contributed by atoms with Gasteiger partial charge in [-0.3, -0.25) is 4.79 Å². The van der Waals surface area contributed by atoms with Crippen molar-refractivity contribution in [3.8, 4) is 0 Å². The highest BCUT2D eigenvalue weighted by Gasteiger charge is 2.40. The van der Waals surface area contributed by atoms with Crippen molar-refractivity contribution in [3.05, 3.63) is 0 Å². The van der Waals surface area contributed by atoms with E-state index in [0.29, 0.717) is 13.1 Å². The second-order valence-corrected chi connectivity index (χ2v) is 8.53. The van der Waals surface area contributed by atoms with Gasteiger partial charge in [-0.1, -0.05) is 12.8 Å². The smallest absolute Gasteiger partial charge is 0.410 e. The van der Waals surface area contributed by atoms with Crippen molar-refractivity contribution in [2.24, 2.45) is 5.41 Å². The number of ether oxygens (including phenoxy) is 1. The third-order valence-corrected chi connectivity index (χ3v) is 5.17. The second-order valence-electron chi connectivity index (χ2n) is 8.27. The Balaban J connectivity index is 2.14. The summed E-state index contributed by atoms with van der Waals surface area (Å²) < 4.78 is 5.58. The number of carbonyl (C=O) groups excluding carboxylic acids is 2. The van der Waals surface area contributed by atoms with Crippen molar-refractivity contribution in [1.82, 2.24) is 9.80 Å². The Morgan fingerprint density at radius 1 is 1.00 bits per heavy atom. The Kier molecular flexibility index (Phi) is 6.40. The molecule has 1 unspecified atom stereocenters. The van der Waals surface area contributed by atoms with Crippen molar-refractivity contribution in [2.45, 2.75) is 64.9 Å². The summed E-state index contributed by atoms with van der Waals surface area (Å²) in [5.74, 6) is 0.0392. The molecule has 5 nitrogen and oxygen atoms in total. The fourth-order valence-corrected chi connectivity index (χ4v) is 4.01. The first kappa shape index (κ1) is 19.4. The minimum Gasteiger partial charge on any atom is -0.444 e. The van der Waals surface area contributed by atoms with Gasteiger partial charge < -0.3 is 14.5 Å². The van der Waals surface area contributed by atoms with Gasteiger partial charge in [-0.05, 0) is 46.5 Å². The lowest BCUT2D eigenvalue weighted by Crippen LogP contribution is -2.48. The van der Waals surface area contributed by atoms with E-state index in [9.17, 15) is 9.59 Å². The molecule has 2 aliphatic rings. The average Bonchev–Trinajstić information content (AvgIpc) is 2.83. The lowest BCUT2D eigenvalue weighted by molar-refractivity contribution is -0.130. The fraction of sp³-hybridized carbons (Fsp3) is 0.889. The van der Waals surface area contributed by atoms with Gasteiger partial charge in [0.05, 0.1) is 0 Å². The summed E-state index contributed by atoms with van der Waals surface area (Å²) in [6, 6.07) is 0. The molecule has 2 heterocycles.